The summed E-state index contributed by atoms with van der Waals surface area (Å²) in [6, 6.07) is 9.34. The number of anilines is 1. The van der Waals surface area contributed by atoms with Crippen LogP contribution in [0.2, 0.25) is 0 Å². The summed E-state index contributed by atoms with van der Waals surface area (Å²) in [5.41, 5.74) is 8.01. The van der Waals surface area contributed by atoms with E-state index in [4.69, 9.17) is 5.73 Å². The lowest BCUT2D eigenvalue weighted by Crippen LogP contribution is -2.27. The van der Waals surface area contributed by atoms with Crippen molar-refractivity contribution in [2.75, 3.05) is 11.9 Å². The van der Waals surface area contributed by atoms with E-state index in [0.717, 1.165) is 11.3 Å². The molecule has 2 rings (SSSR count). The third-order valence-electron chi connectivity index (χ3n) is 3.18. The van der Waals surface area contributed by atoms with Crippen LogP contribution in [0.15, 0.2) is 36.5 Å². The number of aromatic nitrogens is 2. The fraction of sp³-hybridized carbons (Fsp3) is 0.286. The molecule has 0 atom stereocenters. The van der Waals surface area contributed by atoms with Gasteiger partial charge in [-0.05, 0) is 23.8 Å². The van der Waals surface area contributed by atoms with Crippen LogP contribution in [0, 0.1) is 0 Å². The third kappa shape index (κ3) is 3.00. The molecule has 0 spiro atoms. The predicted octanol–water partition coefficient (Wildman–Crippen LogP) is 1.90. The monoisotopic (exact) mass is 258 g/mol. The lowest BCUT2D eigenvalue weighted by atomic mass is 9.85. The molecule has 4 N–H and O–H groups in total. The molecule has 0 aliphatic heterocycles. The van der Waals surface area contributed by atoms with Crippen LogP contribution in [-0.4, -0.2) is 22.6 Å². The molecule has 0 unspecified atom stereocenters. The van der Waals surface area contributed by atoms with Crippen molar-refractivity contribution in [1.82, 2.24) is 10.2 Å². The zero-order valence-electron chi connectivity index (χ0n) is 11.1. The molecule has 1 amide bonds. The minimum absolute atomic E-state index is 0.0636. The molecule has 5 nitrogen and oxygen atoms in total. The first kappa shape index (κ1) is 13.3. The van der Waals surface area contributed by atoms with Crippen molar-refractivity contribution in [3.8, 4) is 0 Å². The number of benzene rings is 1. The number of hydrogen-bond donors (Lipinski definition) is 3. The van der Waals surface area contributed by atoms with E-state index < -0.39 is 0 Å². The molecule has 0 saturated heterocycles. The Balaban J connectivity index is 2.09. The van der Waals surface area contributed by atoms with E-state index in [1.807, 2.05) is 24.3 Å². The summed E-state index contributed by atoms with van der Waals surface area (Å²) in [6.45, 7) is 4.75. The number of nitrogens with one attached hydrogen (secondary N) is 2. The van der Waals surface area contributed by atoms with Gasteiger partial charge in [-0.3, -0.25) is 9.89 Å². The van der Waals surface area contributed by atoms with Gasteiger partial charge in [0.15, 0.2) is 0 Å². The summed E-state index contributed by atoms with van der Waals surface area (Å²) in [7, 11) is 0. The summed E-state index contributed by atoms with van der Waals surface area (Å²) in [5, 5.41) is 9.17. The Morgan fingerprint density at radius 1 is 1.32 bits per heavy atom. The standard InChI is InChI=1S/C14H18N4O/c1-14(2,9-15)10-3-5-11(6-4-10)17-13(19)12-7-8-16-18-12/h3-8H,9,15H2,1-2H3,(H,16,18)(H,17,19). The fourth-order valence-corrected chi connectivity index (χ4v) is 1.70. The molecule has 0 aliphatic rings. The molecule has 0 fully saturated rings. The Morgan fingerprint density at radius 2 is 2.00 bits per heavy atom. The largest absolute Gasteiger partial charge is 0.330 e. The minimum atomic E-state index is -0.205. The lowest BCUT2D eigenvalue weighted by Gasteiger charge is -2.23. The number of H-pyrrole nitrogens is 1. The maximum atomic E-state index is 11.8. The van der Waals surface area contributed by atoms with Crippen LogP contribution in [0.4, 0.5) is 5.69 Å². The van der Waals surface area contributed by atoms with Gasteiger partial charge in [-0.2, -0.15) is 5.10 Å². The van der Waals surface area contributed by atoms with E-state index in [-0.39, 0.29) is 11.3 Å². The third-order valence-corrected chi connectivity index (χ3v) is 3.18. The number of amides is 1. The lowest BCUT2D eigenvalue weighted by molar-refractivity contribution is 0.102. The Bertz CT molecular complexity index is 543. The van der Waals surface area contributed by atoms with Crippen molar-refractivity contribution in [3.05, 3.63) is 47.8 Å². The summed E-state index contributed by atoms with van der Waals surface area (Å²) >= 11 is 0. The highest BCUT2D eigenvalue weighted by atomic mass is 16.1. The number of aromatic amines is 1. The Kier molecular flexibility index (Phi) is 3.66. The van der Waals surface area contributed by atoms with Crippen molar-refractivity contribution < 1.29 is 4.79 Å². The molecule has 0 bridgehead atoms. The van der Waals surface area contributed by atoms with E-state index in [2.05, 4.69) is 29.4 Å². The Labute approximate surface area is 112 Å². The molecule has 5 heteroatoms. The highest BCUT2D eigenvalue weighted by Crippen LogP contribution is 2.23. The van der Waals surface area contributed by atoms with Gasteiger partial charge in [-0.25, -0.2) is 0 Å². The van der Waals surface area contributed by atoms with Crippen LogP contribution in [0.3, 0.4) is 0 Å². The van der Waals surface area contributed by atoms with Crippen LogP contribution >= 0.6 is 0 Å². The van der Waals surface area contributed by atoms with E-state index in [1.165, 1.54) is 0 Å². The number of rotatable bonds is 4. The van der Waals surface area contributed by atoms with Gasteiger partial charge >= 0.3 is 0 Å². The molecule has 0 aliphatic carbocycles. The van der Waals surface area contributed by atoms with Crippen molar-refractivity contribution in [1.29, 1.82) is 0 Å². The van der Waals surface area contributed by atoms with Crippen molar-refractivity contribution in [2.45, 2.75) is 19.3 Å². The maximum Gasteiger partial charge on any atom is 0.273 e. The molecule has 19 heavy (non-hydrogen) atoms. The van der Waals surface area contributed by atoms with Gasteiger partial charge in [-0.15, -0.1) is 0 Å². The summed E-state index contributed by atoms with van der Waals surface area (Å²) in [6.07, 6.45) is 1.54. The minimum Gasteiger partial charge on any atom is -0.330 e. The molecule has 1 aromatic carbocycles. The molecule has 100 valence electrons. The van der Waals surface area contributed by atoms with E-state index >= 15 is 0 Å². The van der Waals surface area contributed by atoms with Crippen LogP contribution in [-0.2, 0) is 5.41 Å². The second-order valence-electron chi connectivity index (χ2n) is 5.09. The molecule has 2 aromatic rings. The van der Waals surface area contributed by atoms with Gasteiger partial charge in [0.25, 0.3) is 5.91 Å². The zero-order valence-corrected chi connectivity index (χ0v) is 11.1. The average Bonchev–Trinajstić information content (AvgIpc) is 2.93. The predicted molar refractivity (Wildman–Crippen MR) is 75.1 cm³/mol. The Morgan fingerprint density at radius 3 is 2.53 bits per heavy atom. The smallest absolute Gasteiger partial charge is 0.273 e. The zero-order chi connectivity index (χ0) is 13.9. The maximum absolute atomic E-state index is 11.8. The molecular formula is C14H18N4O. The first-order chi connectivity index (χ1) is 9.03. The van der Waals surface area contributed by atoms with Crippen LogP contribution in [0.5, 0.6) is 0 Å². The first-order valence-electron chi connectivity index (χ1n) is 6.14. The molecule has 1 heterocycles. The summed E-state index contributed by atoms with van der Waals surface area (Å²) in [4.78, 5) is 11.8. The van der Waals surface area contributed by atoms with E-state index in [9.17, 15) is 4.79 Å². The van der Waals surface area contributed by atoms with E-state index in [1.54, 1.807) is 12.3 Å². The van der Waals surface area contributed by atoms with Crippen LogP contribution < -0.4 is 11.1 Å². The fourth-order valence-electron chi connectivity index (χ4n) is 1.70. The first-order valence-corrected chi connectivity index (χ1v) is 6.14. The summed E-state index contributed by atoms with van der Waals surface area (Å²) in [5.74, 6) is -0.205. The van der Waals surface area contributed by atoms with Crippen molar-refractivity contribution in [3.63, 3.8) is 0 Å². The number of carbonyl (C=O) groups is 1. The van der Waals surface area contributed by atoms with Crippen molar-refractivity contribution >= 4 is 11.6 Å². The number of carbonyl (C=O) groups excluding carboxylic acids is 1. The molecule has 0 saturated carbocycles. The van der Waals surface area contributed by atoms with Gasteiger partial charge in [0.2, 0.25) is 0 Å². The number of nitrogens with zero attached hydrogens (tertiary/aromatic N) is 1. The van der Waals surface area contributed by atoms with Crippen molar-refractivity contribution in [2.24, 2.45) is 5.73 Å². The molecule has 0 radical (unpaired) electrons. The number of nitrogens with two attached hydrogens (primary N) is 1. The Hall–Kier alpha value is -2.14. The van der Waals surface area contributed by atoms with Gasteiger partial charge in [0.05, 0.1) is 0 Å². The normalized spacial score (nSPS) is 11.3. The molecular weight excluding hydrogens is 240 g/mol. The SMILES string of the molecule is CC(C)(CN)c1ccc(NC(=O)c2ccn[nH]2)cc1. The van der Waals surface area contributed by atoms with Gasteiger partial charge in [0, 0.05) is 23.8 Å². The summed E-state index contributed by atoms with van der Waals surface area (Å²) < 4.78 is 0. The highest BCUT2D eigenvalue weighted by Gasteiger charge is 2.18. The number of hydrogen-bond acceptors (Lipinski definition) is 3. The van der Waals surface area contributed by atoms with Gasteiger partial charge in [-0.1, -0.05) is 26.0 Å². The van der Waals surface area contributed by atoms with Gasteiger partial charge in [0.1, 0.15) is 5.69 Å². The molecule has 1 aromatic heterocycles. The topological polar surface area (TPSA) is 83.8 Å². The van der Waals surface area contributed by atoms with Crippen LogP contribution in [0.25, 0.3) is 0 Å². The van der Waals surface area contributed by atoms with Crippen LogP contribution in [0.1, 0.15) is 29.9 Å². The van der Waals surface area contributed by atoms with E-state index in [0.29, 0.717) is 12.2 Å². The second-order valence-corrected chi connectivity index (χ2v) is 5.09. The second kappa shape index (κ2) is 5.24. The quantitative estimate of drug-likeness (QED) is 0.783. The average molecular weight is 258 g/mol. The highest BCUT2D eigenvalue weighted by molar-refractivity contribution is 6.02. The van der Waals surface area contributed by atoms with Gasteiger partial charge < -0.3 is 11.1 Å².